The number of aryl methyl sites for hydroxylation is 3. The molecule has 0 radical (unpaired) electrons. The van der Waals surface area contributed by atoms with Crippen LogP contribution in [-0.4, -0.2) is 26.4 Å². The van der Waals surface area contributed by atoms with E-state index >= 15 is 0 Å². The number of hydrogen-bond donors (Lipinski definition) is 1. The second-order valence-electron chi connectivity index (χ2n) is 5.47. The molecule has 130 valence electrons. The average Bonchev–Trinajstić information content (AvgIpc) is 2.81. The van der Waals surface area contributed by atoms with Gasteiger partial charge in [0.1, 0.15) is 0 Å². The molecule has 0 aliphatic carbocycles. The molecule has 0 saturated carbocycles. The zero-order chi connectivity index (χ0) is 18.1. The van der Waals surface area contributed by atoms with E-state index in [0.717, 1.165) is 38.7 Å². The third-order valence-electron chi connectivity index (χ3n) is 3.36. The van der Waals surface area contributed by atoms with Crippen molar-refractivity contribution >= 4 is 23.4 Å². The van der Waals surface area contributed by atoms with E-state index in [9.17, 15) is 18.0 Å². The third kappa shape index (κ3) is 4.08. The number of hydrogen-bond acceptors (Lipinski definition) is 4. The van der Waals surface area contributed by atoms with Gasteiger partial charge in [0.25, 0.3) is 0 Å². The quantitative estimate of drug-likeness (QED) is 0.850. The van der Waals surface area contributed by atoms with Gasteiger partial charge in [0.15, 0.2) is 5.16 Å². The Morgan fingerprint density at radius 2 is 1.79 bits per heavy atom. The molecule has 9 heteroatoms. The number of carbonyl (C=O) groups excluding carboxylic acids is 1. The number of carbonyl (C=O) groups is 1. The Bertz CT molecular complexity index is 748. The van der Waals surface area contributed by atoms with Crippen LogP contribution >= 0.6 is 11.8 Å². The van der Waals surface area contributed by atoms with Gasteiger partial charge >= 0.3 is 6.18 Å². The topological polar surface area (TPSA) is 59.8 Å². The van der Waals surface area contributed by atoms with Crippen LogP contribution in [0, 0.1) is 20.8 Å². The summed E-state index contributed by atoms with van der Waals surface area (Å²) in [5.74, 6) is -1.46. The van der Waals surface area contributed by atoms with Gasteiger partial charge in [-0.1, -0.05) is 29.5 Å². The van der Waals surface area contributed by atoms with Crippen molar-refractivity contribution in [2.45, 2.75) is 32.1 Å². The van der Waals surface area contributed by atoms with Gasteiger partial charge in [-0.05, 0) is 31.9 Å². The van der Waals surface area contributed by atoms with Crippen molar-refractivity contribution in [1.29, 1.82) is 0 Å². The molecule has 1 N–H and O–H groups in total. The van der Waals surface area contributed by atoms with Gasteiger partial charge < -0.3 is 9.88 Å². The predicted octanol–water partition coefficient (Wildman–Crippen LogP) is 3.49. The minimum Gasteiger partial charge on any atom is -0.325 e. The maximum absolute atomic E-state index is 12.7. The van der Waals surface area contributed by atoms with Gasteiger partial charge in [0.05, 0.1) is 5.75 Å². The highest BCUT2D eigenvalue weighted by atomic mass is 32.2. The second-order valence-corrected chi connectivity index (χ2v) is 6.42. The smallest absolute Gasteiger partial charge is 0.325 e. The van der Waals surface area contributed by atoms with Gasteiger partial charge in [-0.3, -0.25) is 4.79 Å². The molecule has 0 aliphatic heterocycles. The first kappa shape index (κ1) is 18.3. The summed E-state index contributed by atoms with van der Waals surface area (Å²) in [7, 11) is 1.22. The van der Waals surface area contributed by atoms with Gasteiger partial charge in [-0.2, -0.15) is 13.2 Å². The fraction of sp³-hybridized carbons (Fsp3) is 0.400. The summed E-state index contributed by atoms with van der Waals surface area (Å²) >= 11 is 0.904. The highest BCUT2D eigenvalue weighted by molar-refractivity contribution is 7.99. The van der Waals surface area contributed by atoms with E-state index in [1.54, 1.807) is 0 Å². The first-order valence-electron chi connectivity index (χ1n) is 7.06. The zero-order valence-corrected chi connectivity index (χ0v) is 14.5. The largest absolute Gasteiger partial charge is 0.451 e. The fourth-order valence-corrected chi connectivity index (χ4v) is 3.08. The van der Waals surface area contributed by atoms with Crippen molar-refractivity contribution in [3.63, 3.8) is 0 Å². The summed E-state index contributed by atoms with van der Waals surface area (Å²) in [4.78, 5) is 12.1. The van der Waals surface area contributed by atoms with E-state index in [-0.39, 0.29) is 16.8 Å². The highest BCUT2D eigenvalue weighted by Crippen LogP contribution is 2.29. The molecule has 2 rings (SSSR count). The number of nitrogens with one attached hydrogen (secondary N) is 1. The summed E-state index contributed by atoms with van der Waals surface area (Å²) in [6.45, 7) is 5.75. The lowest BCUT2D eigenvalue weighted by molar-refractivity contribution is -0.147. The Balaban J connectivity index is 2.04. The molecule has 0 spiro atoms. The predicted molar refractivity (Wildman–Crippen MR) is 86.0 cm³/mol. The van der Waals surface area contributed by atoms with Crippen LogP contribution in [0.1, 0.15) is 22.5 Å². The van der Waals surface area contributed by atoms with Gasteiger partial charge in [0, 0.05) is 12.7 Å². The Hall–Kier alpha value is -2.03. The molecular weight excluding hydrogens is 341 g/mol. The molecule has 24 heavy (non-hydrogen) atoms. The number of halogens is 3. The van der Waals surface area contributed by atoms with Gasteiger partial charge in [0.2, 0.25) is 11.7 Å². The molecule has 0 aliphatic rings. The van der Waals surface area contributed by atoms with Crippen LogP contribution in [0.25, 0.3) is 0 Å². The summed E-state index contributed by atoms with van der Waals surface area (Å²) < 4.78 is 38.8. The number of benzene rings is 1. The van der Waals surface area contributed by atoms with Crippen LogP contribution in [0.2, 0.25) is 0 Å². The van der Waals surface area contributed by atoms with Crippen LogP contribution in [0.4, 0.5) is 18.9 Å². The number of amides is 1. The molecule has 1 heterocycles. The zero-order valence-electron chi connectivity index (χ0n) is 13.7. The maximum Gasteiger partial charge on any atom is 0.451 e. The lowest BCUT2D eigenvalue weighted by Gasteiger charge is -2.12. The molecule has 0 fully saturated rings. The van der Waals surface area contributed by atoms with E-state index in [2.05, 4.69) is 15.5 Å². The van der Waals surface area contributed by atoms with Gasteiger partial charge in [-0.25, -0.2) is 0 Å². The Kier molecular flexibility index (Phi) is 5.22. The first-order chi connectivity index (χ1) is 11.1. The SMILES string of the molecule is Cc1cc(C)c(NC(=O)CSc2nnc(C(F)(F)F)n2C)c(C)c1. The molecular formula is C15H17F3N4OS. The molecule has 0 bridgehead atoms. The normalized spacial score (nSPS) is 11.6. The lowest BCUT2D eigenvalue weighted by atomic mass is 10.1. The molecule has 0 atom stereocenters. The number of rotatable bonds is 4. The first-order valence-corrected chi connectivity index (χ1v) is 8.05. The lowest BCUT2D eigenvalue weighted by Crippen LogP contribution is -2.17. The Labute approximate surface area is 141 Å². The molecule has 5 nitrogen and oxygen atoms in total. The Morgan fingerprint density at radius 1 is 1.21 bits per heavy atom. The number of nitrogens with zero attached hydrogens (tertiary/aromatic N) is 3. The number of thioether (sulfide) groups is 1. The monoisotopic (exact) mass is 358 g/mol. The summed E-state index contributed by atoms with van der Waals surface area (Å²) in [6.07, 6.45) is -4.57. The molecule has 0 saturated heterocycles. The van der Waals surface area contributed by atoms with Gasteiger partial charge in [-0.15, -0.1) is 10.2 Å². The van der Waals surface area contributed by atoms with Crippen molar-refractivity contribution in [2.75, 3.05) is 11.1 Å². The number of aromatic nitrogens is 3. The van der Waals surface area contributed by atoms with Crippen LogP contribution in [0.5, 0.6) is 0 Å². The van der Waals surface area contributed by atoms with Crippen molar-refractivity contribution in [2.24, 2.45) is 7.05 Å². The second kappa shape index (κ2) is 6.84. The van der Waals surface area contributed by atoms with E-state index in [0.29, 0.717) is 0 Å². The molecule has 1 amide bonds. The van der Waals surface area contributed by atoms with E-state index in [1.165, 1.54) is 7.05 Å². The van der Waals surface area contributed by atoms with Crippen LogP contribution in [0.3, 0.4) is 0 Å². The summed E-state index contributed by atoms with van der Waals surface area (Å²) in [6, 6.07) is 3.90. The summed E-state index contributed by atoms with van der Waals surface area (Å²) in [5, 5.41) is 9.44. The van der Waals surface area contributed by atoms with Crippen LogP contribution in [-0.2, 0) is 18.0 Å². The standard InChI is InChI=1S/C15H17F3N4OS/c1-8-5-9(2)12(10(3)6-8)19-11(23)7-24-14-21-20-13(22(14)4)15(16,17)18/h5-6H,7H2,1-4H3,(H,19,23). The number of anilines is 1. The van der Waals surface area contributed by atoms with Crippen LogP contribution < -0.4 is 5.32 Å². The minimum atomic E-state index is -4.57. The van der Waals surface area contributed by atoms with E-state index in [4.69, 9.17) is 0 Å². The van der Waals surface area contributed by atoms with Crippen molar-refractivity contribution < 1.29 is 18.0 Å². The third-order valence-corrected chi connectivity index (χ3v) is 4.38. The van der Waals surface area contributed by atoms with E-state index in [1.807, 2.05) is 32.9 Å². The van der Waals surface area contributed by atoms with E-state index < -0.39 is 12.0 Å². The molecule has 1 aromatic heterocycles. The highest BCUT2D eigenvalue weighted by Gasteiger charge is 2.37. The van der Waals surface area contributed by atoms with Crippen molar-refractivity contribution in [3.05, 3.63) is 34.6 Å². The molecule has 1 aromatic carbocycles. The van der Waals surface area contributed by atoms with Crippen molar-refractivity contribution in [3.8, 4) is 0 Å². The van der Waals surface area contributed by atoms with Crippen LogP contribution in [0.15, 0.2) is 17.3 Å². The number of alkyl halides is 3. The molecule has 2 aromatic rings. The summed E-state index contributed by atoms with van der Waals surface area (Å²) in [5.41, 5.74) is 3.68. The van der Waals surface area contributed by atoms with Crippen molar-refractivity contribution in [1.82, 2.24) is 14.8 Å². The fourth-order valence-electron chi connectivity index (χ4n) is 2.37. The average molecular weight is 358 g/mol. The molecule has 0 unspecified atom stereocenters. The maximum atomic E-state index is 12.7. The Morgan fingerprint density at radius 3 is 2.29 bits per heavy atom. The minimum absolute atomic E-state index is 0.0369.